The lowest BCUT2D eigenvalue weighted by Crippen LogP contribution is -2.17. The van der Waals surface area contributed by atoms with Crippen LogP contribution < -0.4 is 9.50 Å². The second kappa shape index (κ2) is 8.03. The van der Waals surface area contributed by atoms with Crippen LogP contribution in [0.5, 0.6) is 5.75 Å². The molecule has 0 bridgehead atoms. The molecule has 6 nitrogen and oxygen atoms in total. The third-order valence-corrected chi connectivity index (χ3v) is 5.55. The Morgan fingerprint density at radius 2 is 1.85 bits per heavy atom. The van der Waals surface area contributed by atoms with Gasteiger partial charge in [0.05, 0.1) is 10.2 Å². The van der Waals surface area contributed by atoms with E-state index in [1.54, 1.807) is 44.2 Å². The maximum absolute atomic E-state index is 12.3. The minimum Gasteiger partial charge on any atom is -0.379 e. The van der Waals surface area contributed by atoms with Gasteiger partial charge in [0.2, 0.25) is 5.91 Å². The van der Waals surface area contributed by atoms with Crippen molar-refractivity contribution in [3.63, 3.8) is 0 Å². The number of nitrogens with one attached hydrogen (secondary N) is 1. The van der Waals surface area contributed by atoms with Gasteiger partial charge >= 0.3 is 10.1 Å². The second-order valence-corrected chi connectivity index (χ2v) is 8.22. The highest BCUT2D eigenvalue weighted by molar-refractivity contribution is 7.87. The molecule has 0 fully saturated rings. The van der Waals surface area contributed by atoms with Crippen LogP contribution in [-0.4, -0.2) is 19.3 Å². The van der Waals surface area contributed by atoms with Crippen LogP contribution >= 0.6 is 23.7 Å². The maximum Gasteiger partial charge on any atom is 0.339 e. The summed E-state index contributed by atoms with van der Waals surface area (Å²) < 4.78 is 30.5. The van der Waals surface area contributed by atoms with Crippen molar-refractivity contribution in [1.29, 1.82) is 0 Å². The fourth-order valence-corrected chi connectivity index (χ4v) is 3.86. The number of halogens is 1. The smallest absolute Gasteiger partial charge is 0.339 e. The number of hydrogen-bond acceptors (Lipinski definition) is 6. The highest BCUT2D eigenvalue weighted by Gasteiger charge is 2.17. The number of carbonyl (C=O) groups is 1. The van der Waals surface area contributed by atoms with Gasteiger partial charge in [0.15, 0.2) is 5.13 Å². The number of aromatic nitrogens is 1. The lowest BCUT2D eigenvalue weighted by Gasteiger charge is -2.06. The number of fused-ring (bicyclic) bond motifs is 1. The van der Waals surface area contributed by atoms with E-state index in [1.807, 2.05) is 0 Å². The number of amides is 1. The fourth-order valence-electron chi connectivity index (χ4n) is 2.02. The topological polar surface area (TPSA) is 85.4 Å². The standard InChI is InChI=1S/C17H16N2O4S2.ClH/c1-11(2)16(20)19-17-18-14-9-8-12(10-15(14)24-17)23-25(21,22)13-6-4-3-5-7-13;/h3-11H,1-2H3,(H,18,19,20);1H. The van der Waals surface area contributed by atoms with Gasteiger partial charge in [0, 0.05) is 12.0 Å². The number of hydrogen-bond donors (Lipinski definition) is 1. The molecule has 0 saturated carbocycles. The molecule has 2 aromatic carbocycles. The molecule has 0 aliphatic heterocycles. The molecule has 1 aromatic heterocycles. The van der Waals surface area contributed by atoms with E-state index >= 15 is 0 Å². The van der Waals surface area contributed by atoms with Crippen LogP contribution in [0.15, 0.2) is 53.4 Å². The van der Waals surface area contributed by atoms with Crippen molar-refractivity contribution in [1.82, 2.24) is 4.98 Å². The molecule has 0 aliphatic rings. The first-order chi connectivity index (χ1) is 11.8. The zero-order valence-corrected chi connectivity index (χ0v) is 16.5. The van der Waals surface area contributed by atoms with Crippen LogP contribution in [0.4, 0.5) is 5.13 Å². The molecular weight excluding hydrogens is 396 g/mol. The summed E-state index contributed by atoms with van der Waals surface area (Å²) >= 11 is 1.26. The average Bonchev–Trinajstić information content (AvgIpc) is 2.96. The first kappa shape index (κ1) is 20.2. The summed E-state index contributed by atoms with van der Waals surface area (Å²) in [7, 11) is -3.89. The van der Waals surface area contributed by atoms with Crippen LogP contribution in [0.25, 0.3) is 10.2 Å². The Kier molecular flexibility index (Phi) is 6.22. The number of rotatable bonds is 5. The Balaban J connectivity index is 0.00000243. The summed E-state index contributed by atoms with van der Waals surface area (Å²) in [6.45, 7) is 3.59. The van der Waals surface area contributed by atoms with Crippen molar-refractivity contribution in [3.05, 3.63) is 48.5 Å². The van der Waals surface area contributed by atoms with Crippen LogP contribution in [-0.2, 0) is 14.9 Å². The molecule has 0 spiro atoms. The van der Waals surface area contributed by atoms with Gasteiger partial charge in [0.1, 0.15) is 10.6 Å². The Hall–Kier alpha value is -2.16. The quantitative estimate of drug-likeness (QED) is 0.638. The predicted octanol–water partition coefficient (Wildman–Crippen LogP) is 4.08. The van der Waals surface area contributed by atoms with E-state index in [0.29, 0.717) is 10.6 Å². The van der Waals surface area contributed by atoms with Crippen molar-refractivity contribution in [2.75, 3.05) is 5.32 Å². The Morgan fingerprint density at radius 1 is 1.15 bits per heavy atom. The molecule has 1 N–H and O–H groups in total. The van der Waals surface area contributed by atoms with E-state index in [2.05, 4.69) is 10.3 Å². The maximum atomic E-state index is 12.3. The van der Waals surface area contributed by atoms with Gasteiger partial charge in [0.25, 0.3) is 0 Å². The first-order valence-electron chi connectivity index (χ1n) is 7.56. The molecule has 26 heavy (non-hydrogen) atoms. The monoisotopic (exact) mass is 412 g/mol. The van der Waals surface area contributed by atoms with Crippen LogP contribution in [0, 0.1) is 5.92 Å². The molecule has 1 heterocycles. The van der Waals surface area contributed by atoms with E-state index in [1.165, 1.54) is 29.5 Å². The normalized spacial score (nSPS) is 11.2. The number of benzene rings is 2. The van der Waals surface area contributed by atoms with E-state index in [4.69, 9.17) is 4.18 Å². The van der Waals surface area contributed by atoms with Gasteiger partial charge < -0.3 is 9.50 Å². The van der Waals surface area contributed by atoms with Gasteiger partial charge in [-0.2, -0.15) is 8.42 Å². The molecule has 0 aliphatic carbocycles. The summed E-state index contributed by atoms with van der Waals surface area (Å²) in [6.07, 6.45) is 0. The first-order valence-corrected chi connectivity index (χ1v) is 9.78. The molecule has 0 saturated heterocycles. The van der Waals surface area contributed by atoms with E-state index in [0.717, 1.165) is 4.70 Å². The molecule has 138 valence electrons. The molecule has 0 unspecified atom stereocenters. The molecule has 3 aromatic rings. The van der Waals surface area contributed by atoms with Crippen LogP contribution in [0.3, 0.4) is 0 Å². The summed E-state index contributed by atoms with van der Waals surface area (Å²) in [4.78, 5) is 16.2. The zero-order chi connectivity index (χ0) is 18.0. The lowest BCUT2D eigenvalue weighted by atomic mass is 10.2. The third kappa shape index (κ3) is 4.51. The van der Waals surface area contributed by atoms with Crippen molar-refractivity contribution in [3.8, 4) is 5.75 Å². The molecule has 3 rings (SSSR count). The van der Waals surface area contributed by atoms with Gasteiger partial charge in [-0.3, -0.25) is 4.79 Å². The van der Waals surface area contributed by atoms with Crippen molar-refractivity contribution in [2.45, 2.75) is 18.7 Å². The van der Waals surface area contributed by atoms with Gasteiger partial charge in [-0.05, 0) is 24.3 Å². The highest BCUT2D eigenvalue weighted by Crippen LogP contribution is 2.30. The Bertz CT molecular complexity index is 1020. The zero-order valence-electron chi connectivity index (χ0n) is 14.0. The van der Waals surface area contributed by atoms with Gasteiger partial charge in [-0.25, -0.2) is 4.98 Å². The third-order valence-electron chi connectivity index (χ3n) is 3.35. The fraction of sp³-hybridized carbons (Fsp3) is 0.176. The second-order valence-electron chi connectivity index (χ2n) is 5.64. The number of carbonyl (C=O) groups excluding carboxylic acids is 1. The SMILES string of the molecule is CC(C)C(=O)Nc1nc2ccc(OS(=O)(=O)c3ccccc3)cc2s1.Cl. The van der Waals surface area contributed by atoms with Crippen molar-refractivity contribution < 1.29 is 17.4 Å². The van der Waals surface area contributed by atoms with Crippen molar-refractivity contribution in [2.24, 2.45) is 5.92 Å². The minimum atomic E-state index is -3.89. The number of nitrogens with zero attached hydrogens (tertiary/aromatic N) is 1. The Labute approximate surface area is 161 Å². The van der Waals surface area contributed by atoms with Crippen LogP contribution in [0.1, 0.15) is 13.8 Å². The van der Waals surface area contributed by atoms with Crippen molar-refractivity contribution >= 4 is 55.1 Å². The summed E-state index contributed by atoms with van der Waals surface area (Å²) in [5, 5.41) is 3.20. The largest absolute Gasteiger partial charge is 0.379 e. The number of anilines is 1. The van der Waals surface area contributed by atoms with E-state index in [9.17, 15) is 13.2 Å². The minimum absolute atomic E-state index is 0. The molecule has 1 amide bonds. The van der Waals surface area contributed by atoms with E-state index in [-0.39, 0.29) is 34.9 Å². The number of thiazole rings is 1. The van der Waals surface area contributed by atoms with Gasteiger partial charge in [-0.1, -0.05) is 43.4 Å². The molecule has 9 heteroatoms. The molecular formula is C17H17ClN2O4S2. The average molecular weight is 413 g/mol. The summed E-state index contributed by atoms with van der Waals surface area (Å²) in [5.74, 6) is -0.0779. The van der Waals surface area contributed by atoms with Gasteiger partial charge in [-0.15, -0.1) is 12.4 Å². The predicted molar refractivity (Wildman–Crippen MR) is 105 cm³/mol. The van der Waals surface area contributed by atoms with Crippen LogP contribution in [0.2, 0.25) is 0 Å². The lowest BCUT2D eigenvalue weighted by molar-refractivity contribution is -0.118. The summed E-state index contributed by atoms with van der Waals surface area (Å²) in [5.41, 5.74) is 0.661. The highest BCUT2D eigenvalue weighted by atomic mass is 35.5. The Morgan fingerprint density at radius 3 is 2.50 bits per heavy atom. The van der Waals surface area contributed by atoms with E-state index < -0.39 is 10.1 Å². The molecule has 0 atom stereocenters. The summed E-state index contributed by atoms with van der Waals surface area (Å²) in [6, 6.07) is 12.7. The molecule has 0 radical (unpaired) electrons.